The van der Waals surface area contributed by atoms with Crippen LogP contribution in [-0.4, -0.2) is 22.3 Å². The van der Waals surface area contributed by atoms with Gasteiger partial charge < -0.3 is 5.32 Å². The second kappa shape index (κ2) is 6.33. The third kappa shape index (κ3) is 4.36. The highest BCUT2D eigenvalue weighted by Crippen LogP contribution is 2.27. The molecule has 0 spiro atoms. The van der Waals surface area contributed by atoms with Crippen LogP contribution in [0.1, 0.15) is 31.3 Å². The number of aromatic nitrogens is 2. The van der Waals surface area contributed by atoms with Gasteiger partial charge in [-0.25, -0.2) is 0 Å². The molecule has 3 nitrogen and oxygen atoms in total. The summed E-state index contributed by atoms with van der Waals surface area (Å²) in [6.07, 6.45) is 0.921. The Bertz CT molecular complexity index is 587. The van der Waals surface area contributed by atoms with Gasteiger partial charge in [-0.1, -0.05) is 33.3 Å². The number of hydrogen-bond donors (Lipinski definition) is 1. The van der Waals surface area contributed by atoms with Crippen molar-refractivity contribution < 1.29 is 0 Å². The van der Waals surface area contributed by atoms with Gasteiger partial charge in [0.05, 0.1) is 0 Å². The zero-order valence-corrected chi connectivity index (χ0v) is 14.7. The highest BCUT2D eigenvalue weighted by Gasteiger charge is 2.11. The van der Waals surface area contributed by atoms with E-state index in [0.29, 0.717) is 0 Å². The molecule has 0 unspecified atom stereocenters. The lowest BCUT2D eigenvalue weighted by molar-refractivity contribution is 0.429. The van der Waals surface area contributed by atoms with Crippen molar-refractivity contribution in [3.8, 4) is 10.6 Å². The molecule has 1 aromatic carbocycles. The first-order valence-electron chi connectivity index (χ1n) is 6.69. The quantitative estimate of drug-likeness (QED) is 0.894. The molecule has 5 heteroatoms. The van der Waals surface area contributed by atoms with Crippen molar-refractivity contribution in [3.63, 3.8) is 0 Å². The molecule has 1 N–H and O–H groups in total. The standard InChI is InChI=1S/C15H20BrN3S/c1-10-9-11(5-6-12(10)16)14-19-18-13(20-14)7-8-17-15(2,3)4/h5-6,9,17H,7-8H2,1-4H3. The van der Waals surface area contributed by atoms with E-state index in [0.717, 1.165) is 33.0 Å². The summed E-state index contributed by atoms with van der Waals surface area (Å²) in [4.78, 5) is 0. The highest BCUT2D eigenvalue weighted by molar-refractivity contribution is 9.10. The lowest BCUT2D eigenvalue weighted by atomic mass is 10.1. The molecule has 2 rings (SSSR count). The van der Waals surface area contributed by atoms with E-state index >= 15 is 0 Å². The number of benzene rings is 1. The average molecular weight is 354 g/mol. The summed E-state index contributed by atoms with van der Waals surface area (Å²) < 4.78 is 1.13. The Balaban J connectivity index is 2.03. The van der Waals surface area contributed by atoms with Crippen LogP contribution in [0.25, 0.3) is 10.6 Å². The van der Waals surface area contributed by atoms with E-state index in [1.54, 1.807) is 11.3 Å². The smallest absolute Gasteiger partial charge is 0.147 e. The first kappa shape index (κ1) is 15.6. The largest absolute Gasteiger partial charge is 0.312 e. The molecular formula is C15H20BrN3S. The molecule has 0 saturated carbocycles. The molecule has 1 aromatic heterocycles. The lowest BCUT2D eigenvalue weighted by Gasteiger charge is -2.19. The highest BCUT2D eigenvalue weighted by atomic mass is 79.9. The number of nitrogens with zero attached hydrogens (tertiary/aromatic N) is 2. The topological polar surface area (TPSA) is 37.8 Å². The third-order valence-corrected chi connectivity index (χ3v) is 4.79. The van der Waals surface area contributed by atoms with Gasteiger partial charge in [0.15, 0.2) is 0 Å². The van der Waals surface area contributed by atoms with E-state index < -0.39 is 0 Å². The number of aryl methyl sites for hydroxylation is 1. The summed E-state index contributed by atoms with van der Waals surface area (Å²) in [5, 5.41) is 14.1. The van der Waals surface area contributed by atoms with Crippen LogP contribution in [0.4, 0.5) is 0 Å². The minimum atomic E-state index is 0.149. The molecule has 0 atom stereocenters. The van der Waals surface area contributed by atoms with Crippen LogP contribution in [0.5, 0.6) is 0 Å². The van der Waals surface area contributed by atoms with E-state index in [4.69, 9.17) is 0 Å². The minimum Gasteiger partial charge on any atom is -0.312 e. The van der Waals surface area contributed by atoms with Gasteiger partial charge in [-0.2, -0.15) is 0 Å². The van der Waals surface area contributed by atoms with Crippen LogP contribution >= 0.6 is 27.3 Å². The Hall–Kier alpha value is -0.780. The summed E-state index contributed by atoms with van der Waals surface area (Å²) >= 11 is 5.19. The van der Waals surface area contributed by atoms with E-state index in [2.05, 4.69) is 77.3 Å². The van der Waals surface area contributed by atoms with Gasteiger partial charge in [-0.05, 0) is 45.4 Å². The van der Waals surface area contributed by atoms with Gasteiger partial charge in [0.25, 0.3) is 0 Å². The van der Waals surface area contributed by atoms with Crippen molar-refractivity contribution in [1.29, 1.82) is 0 Å². The van der Waals surface area contributed by atoms with E-state index in [-0.39, 0.29) is 5.54 Å². The maximum atomic E-state index is 4.30. The summed E-state index contributed by atoms with van der Waals surface area (Å²) in [5.74, 6) is 0. The molecule has 20 heavy (non-hydrogen) atoms. The van der Waals surface area contributed by atoms with Crippen LogP contribution in [0.3, 0.4) is 0 Å². The monoisotopic (exact) mass is 353 g/mol. The summed E-state index contributed by atoms with van der Waals surface area (Å²) in [5.41, 5.74) is 2.50. The third-order valence-electron chi connectivity index (χ3n) is 2.87. The maximum Gasteiger partial charge on any atom is 0.147 e. The SMILES string of the molecule is Cc1cc(-c2nnc(CCNC(C)(C)C)s2)ccc1Br. The number of nitrogens with one attached hydrogen (secondary N) is 1. The van der Waals surface area contributed by atoms with Crippen molar-refractivity contribution in [2.75, 3.05) is 6.54 Å². The molecule has 0 fully saturated rings. The predicted octanol–water partition coefficient (Wildman–Crippen LogP) is 4.21. The Labute approximate surface area is 133 Å². The summed E-state index contributed by atoms with van der Waals surface area (Å²) in [7, 11) is 0. The molecular weight excluding hydrogens is 334 g/mol. The van der Waals surface area contributed by atoms with Crippen LogP contribution in [0.15, 0.2) is 22.7 Å². The number of halogens is 1. The molecule has 0 bridgehead atoms. The summed E-state index contributed by atoms with van der Waals surface area (Å²) in [6.45, 7) is 9.52. The summed E-state index contributed by atoms with van der Waals surface area (Å²) in [6, 6.07) is 6.28. The Morgan fingerprint density at radius 2 is 2.00 bits per heavy atom. The molecule has 0 aliphatic rings. The van der Waals surface area contributed by atoms with Gasteiger partial charge in [-0.15, -0.1) is 10.2 Å². The van der Waals surface area contributed by atoms with Gasteiger partial charge in [0.2, 0.25) is 0 Å². The molecule has 0 aliphatic heterocycles. The zero-order valence-electron chi connectivity index (χ0n) is 12.3. The average Bonchev–Trinajstić information content (AvgIpc) is 2.80. The van der Waals surface area contributed by atoms with Gasteiger partial charge >= 0.3 is 0 Å². The fourth-order valence-corrected chi connectivity index (χ4v) is 2.88. The minimum absolute atomic E-state index is 0.149. The van der Waals surface area contributed by atoms with Gasteiger partial charge in [-0.3, -0.25) is 0 Å². The van der Waals surface area contributed by atoms with Crippen molar-refractivity contribution in [2.45, 2.75) is 39.7 Å². The molecule has 1 heterocycles. The van der Waals surface area contributed by atoms with Crippen LogP contribution in [0.2, 0.25) is 0 Å². The van der Waals surface area contributed by atoms with E-state index in [1.807, 2.05) is 0 Å². The molecule has 2 aromatic rings. The molecule has 0 amide bonds. The Kier molecular flexibility index (Phi) is 4.94. The predicted molar refractivity (Wildman–Crippen MR) is 89.2 cm³/mol. The van der Waals surface area contributed by atoms with Gasteiger partial charge in [0, 0.05) is 28.5 Å². The maximum absolute atomic E-state index is 4.30. The number of rotatable bonds is 4. The van der Waals surface area contributed by atoms with Crippen LogP contribution < -0.4 is 5.32 Å². The second-order valence-electron chi connectivity index (χ2n) is 5.89. The first-order chi connectivity index (χ1) is 9.35. The normalized spacial score (nSPS) is 11.8. The fourth-order valence-electron chi connectivity index (χ4n) is 1.79. The first-order valence-corrected chi connectivity index (χ1v) is 8.30. The van der Waals surface area contributed by atoms with Crippen molar-refractivity contribution in [1.82, 2.24) is 15.5 Å². The van der Waals surface area contributed by atoms with Crippen LogP contribution in [0, 0.1) is 6.92 Å². The Morgan fingerprint density at radius 1 is 1.25 bits per heavy atom. The second-order valence-corrected chi connectivity index (χ2v) is 7.81. The molecule has 0 aliphatic carbocycles. The number of hydrogen-bond acceptors (Lipinski definition) is 4. The molecule has 108 valence electrons. The van der Waals surface area contributed by atoms with Crippen molar-refractivity contribution in [2.24, 2.45) is 0 Å². The van der Waals surface area contributed by atoms with Gasteiger partial charge in [0.1, 0.15) is 10.0 Å². The van der Waals surface area contributed by atoms with E-state index in [1.165, 1.54) is 5.56 Å². The Morgan fingerprint density at radius 3 is 2.65 bits per heavy atom. The zero-order chi connectivity index (χ0) is 14.8. The van der Waals surface area contributed by atoms with Crippen molar-refractivity contribution >= 4 is 27.3 Å². The fraction of sp³-hybridized carbons (Fsp3) is 0.467. The van der Waals surface area contributed by atoms with Crippen molar-refractivity contribution in [3.05, 3.63) is 33.2 Å². The van der Waals surface area contributed by atoms with Crippen LogP contribution in [-0.2, 0) is 6.42 Å². The lowest BCUT2D eigenvalue weighted by Crippen LogP contribution is -2.37. The van der Waals surface area contributed by atoms with E-state index in [9.17, 15) is 0 Å². The molecule has 0 saturated heterocycles. The molecule has 0 radical (unpaired) electrons.